The van der Waals surface area contributed by atoms with Gasteiger partial charge in [-0.25, -0.2) is 4.68 Å². The highest BCUT2D eigenvalue weighted by molar-refractivity contribution is 5.81. The van der Waals surface area contributed by atoms with E-state index >= 15 is 0 Å². The molecule has 2 unspecified atom stereocenters. The average Bonchev–Trinajstić information content (AvgIpc) is 3.24. The van der Waals surface area contributed by atoms with Gasteiger partial charge in [0.25, 0.3) is 0 Å². The molecule has 1 aromatic heterocycles. The number of para-hydroxylation sites is 1. The van der Waals surface area contributed by atoms with Gasteiger partial charge in [-0.1, -0.05) is 18.2 Å². The maximum Gasteiger partial charge on any atom is 0.250 e. The molecule has 1 N–H and O–H groups in total. The van der Waals surface area contributed by atoms with E-state index in [0.29, 0.717) is 18.6 Å². The van der Waals surface area contributed by atoms with Crippen LogP contribution in [0.4, 0.5) is 0 Å². The minimum atomic E-state index is -0.728. The van der Waals surface area contributed by atoms with Crippen LogP contribution in [0.3, 0.4) is 0 Å². The van der Waals surface area contributed by atoms with Crippen molar-refractivity contribution in [3.63, 3.8) is 0 Å². The van der Waals surface area contributed by atoms with Crippen molar-refractivity contribution in [1.29, 1.82) is 5.26 Å². The van der Waals surface area contributed by atoms with Crippen molar-refractivity contribution in [3.05, 3.63) is 48.3 Å². The Bertz CT molecular complexity index is 684. The molecule has 0 radical (unpaired) electrons. The number of benzene rings is 1. The third kappa shape index (κ3) is 3.00. The van der Waals surface area contributed by atoms with Crippen LogP contribution in [0, 0.1) is 11.3 Å². The van der Waals surface area contributed by atoms with Crippen molar-refractivity contribution in [3.8, 4) is 11.8 Å². The molecule has 1 amide bonds. The first-order chi connectivity index (χ1) is 10.8. The summed E-state index contributed by atoms with van der Waals surface area (Å²) < 4.78 is 7.01. The molecule has 1 aliphatic heterocycles. The van der Waals surface area contributed by atoms with Gasteiger partial charge in [0.05, 0.1) is 18.0 Å². The number of ether oxygens (including phenoxy) is 1. The summed E-state index contributed by atoms with van der Waals surface area (Å²) in [4.78, 5) is 12.1. The molecule has 2 atom stereocenters. The van der Waals surface area contributed by atoms with Gasteiger partial charge < -0.3 is 10.1 Å². The third-order valence-corrected chi connectivity index (χ3v) is 3.59. The molecule has 0 bridgehead atoms. The number of aromatic nitrogens is 2. The summed E-state index contributed by atoms with van der Waals surface area (Å²) in [6.07, 6.45) is 4.48. The van der Waals surface area contributed by atoms with Crippen molar-refractivity contribution in [2.45, 2.75) is 25.0 Å². The largest absolute Gasteiger partial charge is 0.368 e. The Kier molecular flexibility index (Phi) is 4.17. The molecular formula is C16H16N4O2. The van der Waals surface area contributed by atoms with E-state index in [2.05, 4.69) is 16.5 Å². The third-order valence-electron chi connectivity index (χ3n) is 3.59. The fourth-order valence-electron chi connectivity index (χ4n) is 2.42. The number of nitrogens with one attached hydrogen (secondary N) is 1. The first-order valence-corrected chi connectivity index (χ1v) is 7.19. The summed E-state index contributed by atoms with van der Waals surface area (Å²) in [6, 6.07) is 11.0. The number of hydrogen-bond acceptors (Lipinski definition) is 4. The Morgan fingerprint density at radius 2 is 2.27 bits per heavy atom. The van der Waals surface area contributed by atoms with Crippen molar-refractivity contribution >= 4 is 5.91 Å². The average molecular weight is 296 g/mol. The molecule has 0 spiro atoms. The maximum absolute atomic E-state index is 12.1. The molecule has 6 heteroatoms. The van der Waals surface area contributed by atoms with Gasteiger partial charge in [-0.3, -0.25) is 4.79 Å². The zero-order valence-corrected chi connectivity index (χ0v) is 12.0. The fourth-order valence-corrected chi connectivity index (χ4v) is 2.42. The molecular weight excluding hydrogens is 280 g/mol. The van der Waals surface area contributed by atoms with Gasteiger partial charge in [-0.2, -0.15) is 10.4 Å². The molecule has 3 rings (SSSR count). The summed E-state index contributed by atoms with van der Waals surface area (Å²) in [7, 11) is 0. The van der Waals surface area contributed by atoms with Crippen LogP contribution in [0.5, 0.6) is 0 Å². The van der Waals surface area contributed by atoms with Crippen LogP contribution in [-0.2, 0) is 9.53 Å². The highest BCUT2D eigenvalue weighted by Gasteiger charge is 2.26. The van der Waals surface area contributed by atoms with Gasteiger partial charge in [-0.15, -0.1) is 0 Å². The molecule has 22 heavy (non-hydrogen) atoms. The van der Waals surface area contributed by atoms with Gasteiger partial charge in [0.2, 0.25) is 5.91 Å². The lowest BCUT2D eigenvalue weighted by atomic mass is 10.1. The van der Waals surface area contributed by atoms with Gasteiger partial charge >= 0.3 is 0 Å². The number of hydrogen-bond donors (Lipinski definition) is 1. The summed E-state index contributed by atoms with van der Waals surface area (Å²) in [5.41, 5.74) is 1.55. The van der Waals surface area contributed by atoms with E-state index in [1.165, 1.54) is 0 Å². The monoisotopic (exact) mass is 296 g/mol. The molecule has 2 aromatic rings. The van der Waals surface area contributed by atoms with E-state index in [4.69, 9.17) is 4.74 Å². The zero-order chi connectivity index (χ0) is 15.4. The van der Waals surface area contributed by atoms with Crippen LogP contribution in [0.25, 0.3) is 5.69 Å². The molecule has 0 saturated carbocycles. The molecule has 0 aliphatic carbocycles. The summed E-state index contributed by atoms with van der Waals surface area (Å²) in [5.74, 6) is -0.239. The van der Waals surface area contributed by atoms with E-state index in [1.54, 1.807) is 17.1 Å². The normalized spacial score (nSPS) is 18.6. The molecule has 1 saturated heterocycles. The quantitative estimate of drug-likeness (QED) is 0.931. The van der Waals surface area contributed by atoms with Gasteiger partial charge in [-0.05, 0) is 25.0 Å². The SMILES string of the molecule is N#CC(NC(=O)C1CCCO1)c1cnn(-c2ccccc2)c1. The Hall–Kier alpha value is -2.65. The Balaban J connectivity index is 1.73. The van der Waals surface area contributed by atoms with Crippen molar-refractivity contribution < 1.29 is 9.53 Å². The van der Waals surface area contributed by atoms with Crippen LogP contribution in [-0.4, -0.2) is 28.4 Å². The van der Waals surface area contributed by atoms with Crippen LogP contribution < -0.4 is 5.32 Å². The second-order valence-electron chi connectivity index (χ2n) is 5.13. The molecule has 1 aromatic carbocycles. The Labute approximate surface area is 128 Å². The Morgan fingerprint density at radius 3 is 2.95 bits per heavy atom. The van der Waals surface area contributed by atoms with Gasteiger partial charge in [0, 0.05) is 18.4 Å². The van der Waals surface area contributed by atoms with E-state index in [9.17, 15) is 10.1 Å². The van der Waals surface area contributed by atoms with Crippen LogP contribution in [0.15, 0.2) is 42.7 Å². The number of nitriles is 1. The highest BCUT2D eigenvalue weighted by Crippen LogP contribution is 2.17. The maximum atomic E-state index is 12.1. The van der Waals surface area contributed by atoms with Gasteiger partial charge in [0.15, 0.2) is 0 Å². The predicted molar refractivity (Wildman–Crippen MR) is 79.0 cm³/mol. The van der Waals surface area contributed by atoms with E-state index < -0.39 is 12.1 Å². The van der Waals surface area contributed by atoms with E-state index in [1.807, 2.05) is 30.3 Å². The molecule has 1 aliphatic rings. The molecule has 2 heterocycles. The highest BCUT2D eigenvalue weighted by atomic mass is 16.5. The lowest BCUT2D eigenvalue weighted by molar-refractivity contribution is -0.130. The first kappa shape index (κ1) is 14.3. The topological polar surface area (TPSA) is 79.9 Å². The number of amides is 1. The standard InChI is InChI=1S/C16H16N4O2/c17-9-14(19-16(21)15-7-4-8-22-15)12-10-18-20(11-12)13-5-2-1-3-6-13/h1-3,5-6,10-11,14-15H,4,7-8H2,(H,19,21). The minimum Gasteiger partial charge on any atom is -0.368 e. The zero-order valence-electron chi connectivity index (χ0n) is 12.0. The smallest absolute Gasteiger partial charge is 0.250 e. The summed E-state index contributed by atoms with van der Waals surface area (Å²) >= 11 is 0. The second kappa shape index (κ2) is 6.41. The van der Waals surface area contributed by atoms with Crippen LogP contribution >= 0.6 is 0 Å². The fraction of sp³-hybridized carbons (Fsp3) is 0.312. The Morgan fingerprint density at radius 1 is 1.45 bits per heavy atom. The number of rotatable bonds is 4. The summed E-state index contributed by atoms with van der Waals surface area (Å²) in [5, 5.41) is 16.3. The lowest BCUT2D eigenvalue weighted by Gasteiger charge is -2.13. The van der Waals surface area contributed by atoms with E-state index in [0.717, 1.165) is 12.1 Å². The minimum absolute atomic E-state index is 0.239. The van der Waals surface area contributed by atoms with Crippen molar-refractivity contribution in [2.24, 2.45) is 0 Å². The molecule has 6 nitrogen and oxygen atoms in total. The van der Waals surface area contributed by atoms with Crippen molar-refractivity contribution in [1.82, 2.24) is 15.1 Å². The van der Waals surface area contributed by atoms with Crippen LogP contribution in [0.2, 0.25) is 0 Å². The van der Waals surface area contributed by atoms with E-state index in [-0.39, 0.29) is 5.91 Å². The van der Waals surface area contributed by atoms with Gasteiger partial charge in [0.1, 0.15) is 12.1 Å². The summed E-state index contributed by atoms with van der Waals surface area (Å²) in [6.45, 7) is 0.598. The number of carbonyl (C=O) groups excluding carboxylic acids is 1. The molecule has 112 valence electrons. The predicted octanol–water partition coefficient (Wildman–Crippen LogP) is 1.73. The molecule has 1 fully saturated rings. The second-order valence-corrected chi connectivity index (χ2v) is 5.13. The number of nitrogens with zero attached hydrogens (tertiary/aromatic N) is 3. The van der Waals surface area contributed by atoms with Crippen molar-refractivity contribution in [2.75, 3.05) is 6.61 Å². The van der Waals surface area contributed by atoms with Crippen LogP contribution in [0.1, 0.15) is 24.4 Å². The number of carbonyl (C=O) groups is 1. The lowest BCUT2D eigenvalue weighted by Crippen LogP contribution is -2.36. The first-order valence-electron chi connectivity index (χ1n) is 7.19.